The molecule has 0 amide bonds. The molecule has 2 aromatic rings. The van der Waals surface area contributed by atoms with E-state index >= 15 is 0 Å². The van der Waals surface area contributed by atoms with Gasteiger partial charge >= 0.3 is 0 Å². The summed E-state index contributed by atoms with van der Waals surface area (Å²) in [4.78, 5) is 3.41. The Balaban J connectivity index is 2.65. The molecule has 0 aliphatic rings. The van der Waals surface area contributed by atoms with Crippen LogP contribution in [0.4, 0.5) is 0 Å². The van der Waals surface area contributed by atoms with Gasteiger partial charge in [0.15, 0.2) is 0 Å². The second-order valence-electron chi connectivity index (χ2n) is 6.04. The molecule has 0 saturated carbocycles. The van der Waals surface area contributed by atoms with Gasteiger partial charge in [0.25, 0.3) is 0 Å². The van der Waals surface area contributed by atoms with Crippen molar-refractivity contribution < 1.29 is 4.48 Å². The Bertz CT molecular complexity index is 544. The summed E-state index contributed by atoms with van der Waals surface area (Å²) in [5.41, 5.74) is 5.38. The summed E-state index contributed by atoms with van der Waals surface area (Å²) in [5, 5.41) is 1.40. The number of H-pyrrole nitrogens is 1. The van der Waals surface area contributed by atoms with Crippen molar-refractivity contribution in [1.82, 2.24) is 4.98 Å². The number of aryl methyl sites for hydroxylation is 2. The molecule has 0 fully saturated rings. The molecule has 1 heterocycles. The van der Waals surface area contributed by atoms with Gasteiger partial charge in [-0.3, -0.25) is 0 Å². The highest BCUT2D eigenvalue weighted by Gasteiger charge is 2.24. The van der Waals surface area contributed by atoms with E-state index in [4.69, 9.17) is 0 Å². The molecular formula is C15H23N2+. The summed E-state index contributed by atoms with van der Waals surface area (Å²) in [6, 6.07) is 4.99. The van der Waals surface area contributed by atoms with Gasteiger partial charge in [0.05, 0.1) is 21.1 Å². The second-order valence-corrected chi connectivity index (χ2v) is 6.04. The molecule has 92 valence electrons. The lowest BCUT2D eigenvalue weighted by Gasteiger charge is -2.31. The Kier molecular flexibility index (Phi) is 2.78. The van der Waals surface area contributed by atoms with Crippen molar-refractivity contribution in [3.8, 4) is 0 Å². The molecule has 0 spiro atoms. The number of hydrogen-bond donors (Lipinski definition) is 1. The maximum absolute atomic E-state index is 3.41. The van der Waals surface area contributed by atoms with Crippen LogP contribution in [-0.2, 0) is 0 Å². The summed E-state index contributed by atoms with van der Waals surface area (Å²) in [6.45, 7) is 6.65. The Morgan fingerprint density at radius 3 is 2.35 bits per heavy atom. The van der Waals surface area contributed by atoms with E-state index in [1.54, 1.807) is 0 Å². The van der Waals surface area contributed by atoms with Crippen LogP contribution in [0.2, 0.25) is 0 Å². The average molecular weight is 231 g/mol. The van der Waals surface area contributed by atoms with Gasteiger partial charge in [-0.15, -0.1) is 0 Å². The van der Waals surface area contributed by atoms with Crippen LogP contribution in [0.25, 0.3) is 10.9 Å². The van der Waals surface area contributed by atoms with E-state index in [1.165, 1.54) is 27.6 Å². The monoisotopic (exact) mass is 231 g/mol. The summed E-state index contributed by atoms with van der Waals surface area (Å²) >= 11 is 0. The fourth-order valence-corrected chi connectivity index (χ4v) is 2.44. The molecule has 0 saturated heterocycles. The first-order chi connectivity index (χ1) is 7.80. The lowest BCUT2D eigenvalue weighted by Crippen LogP contribution is -2.37. The predicted molar refractivity (Wildman–Crippen MR) is 74.2 cm³/mol. The zero-order valence-corrected chi connectivity index (χ0v) is 11.8. The summed E-state index contributed by atoms with van der Waals surface area (Å²) in [6.07, 6.45) is 2.17. The number of aromatic nitrogens is 1. The van der Waals surface area contributed by atoms with Gasteiger partial charge < -0.3 is 9.47 Å². The van der Waals surface area contributed by atoms with Crippen molar-refractivity contribution in [2.24, 2.45) is 0 Å². The first kappa shape index (κ1) is 12.2. The van der Waals surface area contributed by atoms with Crippen molar-refractivity contribution in [1.29, 1.82) is 0 Å². The van der Waals surface area contributed by atoms with Crippen molar-refractivity contribution in [3.05, 3.63) is 35.0 Å². The zero-order chi connectivity index (χ0) is 12.8. The number of fused-ring (bicyclic) bond motifs is 1. The SMILES string of the molecule is Cc1cc(C)c2c(C(C)[N+](C)(C)C)c[nH]c2c1. The van der Waals surface area contributed by atoms with Crippen LogP contribution in [0.15, 0.2) is 18.3 Å². The highest BCUT2D eigenvalue weighted by molar-refractivity contribution is 5.87. The van der Waals surface area contributed by atoms with Crippen molar-refractivity contribution in [2.45, 2.75) is 26.8 Å². The highest BCUT2D eigenvalue weighted by atomic mass is 15.3. The second kappa shape index (κ2) is 3.88. The third-order valence-corrected chi connectivity index (χ3v) is 3.76. The van der Waals surface area contributed by atoms with E-state index in [0.717, 1.165) is 4.48 Å². The Hall–Kier alpha value is -1.28. The highest BCUT2D eigenvalue weighted by Crippen LogP contribution is 2.32. The number of benzene rings is 1. The minimum Gasteiger partial charge on any atom is -0.361 e. The number of quaternary nitrogens is 1. The van der Waals surface area contributed by atoms with Gasteiger partial charge in [0, 0.05) is 22.7 Å². The van der Waals surface area contributed by atoms with E-state index in [-0.39, 0.29) is 0 Å². The molecular weight excluding hydrogens is 208 g/mol. The zero-order valence-electron chi connectivity index (χ0n) is 11.8. The molecule has 1 unspecified atom stereocenters. The molecule has 0 bridgehead atoms. The van der Waals surface area contributed by atoms with Crippen LogP contribution in [0.1, 0.15) is 29.7 Å². The fourth-order valence-electron chi connectivity index (χ4n) is 2.44. The number of nitrogens with one attached hydrogen (secondary N) is 1. The third kappa shape index (κ3) is 2.09. The molecule has 1 atom stereocenters. The van der Waals surface area contributed by atoms with E-state index in [9.17, 15) is 0 Å². The first-order valence-electron chi connectivity index (χ1n) is 6.20. The van der Waals surface area contributed by atoms with Crippen LogP contribution in [0.3, 0.4) is 0 Å². The number of rotatable bonds is 2. The molecule has 1 N–H and O–H groups in total. The Morgan fingerprint density at radius 1 is 1.12 bits per heavy atom. The minimum absolute atomic E-state index is 0.491. The van der Waals surface area contributed by atoms with Crippen molar-refractivity contribution in [2.75, 3.05) is 21.1 Å². The van der Waals surface area contributed by atoms with Gasteiger partial charge in [-0.1, -0.05) is 6.07 Å². The molecule has 1 aromatic carbocycles. The van der Waals surface area contributed by atoms with Gasteiger partial charge in [-0.2, -0.15) is 0 Å². The van der Waals surface area contributed by atoms with E-state index < -0.39 is 0 Å². The van der Waals surface area contributed by atoms with E-state index in [0.29, 0.717) is 6.04 Å². The Morgan fingerprint density at radius 2 is 1.76 bits per heavy atom. The standard InChI is InChI=1S/C15H23N2/c1-10-7-11(2)15-13(9-16-14(15)8-10)12(3)17(4,5)6/h7-9,12,16H,1-6H3/q+1. The smallest absolute Gasteiger partial charge is 0.113 e. The van der Waals surface area contributed by atoms with Crippen molar-refractivity contribution in [3.63, 3.8) is 0 Å². The minimum atomic E-state index is 0.491. The Labute approximate surface area is 104 Å². The van der Waals surface area contributed by atoms with Crippen molar-refractivity contribution >= 4 is 10.9 Å². The van der Waals surface area contributed by atoms with Crippen LogP contribution in [0, 0.1) is 13.8 Å². The average Bonchev–Trinajstić information content (AvgIpc) is 2.58. The largest absolute Gasteiger partial charge is 0.361 e. The lowest BCUT2D eigenvalue weighted by molar-refractivity contribution is -0.900. The molecule has 0 aliphatic heterocycles. The quantitative estimate of drug-likeness (QED) is 0.761. The molecule has 0 radical (unpaired) electrons. The van der Waals surface area contributed by atoms with Gasteiger partial charge in [-0.25, -0.2) is 0 Å². The van der Waals surface area contributed by atoms with Crippen LogP contribution >= 0.6 is 0 Å². The fraction of sp³-hybridized carbons (Fsp3) is 0.467. The molecule has 0 aliphatic carbocycles. The van der Waals surface area contributed by atoms with Crippen LogP contribution in [0.5, 0.6) is 0 Å². The summed E-state index contributed by atoms with van der Waals surface area (Å²) in [7, 11) is 6.73. The van der Waals surface area contributed by atoms with Crippen LogP contribution < -0.4 is 0 Å². The molecule has 2 heteroatoms. The summed E-state index contributed by atoms with van der Waals surface area (Å²) in [5.74, 6) is 0. The number of hydrogen-bond acceptors (Lipinski definition) is 0. The van der Waals surface area contributed by atoms with E-state index in [1.807, 2.05) is 0 Å². The first-order valence-corrected chi connectivity index (χ1v) is 6.20. The number of aromatic amines is 1. The van der Waals surface area contributed by atoms with Gasteiger partial charge in [0.1, 0.15) is 6.04 Å². The number of nitrogens with zero attached hydrogens (tertiary/aromatic N) is 1. The molecule has 17 heavy (non-hydrogen) atoms. The van der Waals surface area contributed by atoms with Crippen LogP contribution in [-0.4, -0.2) is 30.6 Å². The predicted octanol–water partition coefficient (Wildman–Crippen LogP) is 3.55. The molecule has 2 rings (SSSR count). The topological polar surface area (TPSA) is 15.8 Å². The lowest BCUT2D eigenvalue weighted by atomic mass is 10.00. The van der Waals surface area contributed by atoms with E-state index in [2.05, 4.69) is 65.2 Å². The summed E-state index contributed by atoms with van der Waals surface area (Å²) < 4.78 is 0.945. The maximum atomic E-state index is 3.41. The molecule has 2 nitrogen and oxygen atoms in total. The normalized spacial score (nSPS) is 14.2. The maximum Gasteiger partial charge on any atom is 0.113 e. The van der Waals surface area contributed by atoms with Gasteiger partial charge in [-0.05, 0) is 38.0 Å². The van der Waals surface area contributed by atoms with Gasteiger partial charge in [0.2, 0.25) is 0 Å². The third-order valence-electron chi connectivity index (χ3n) is 3.76. The molecule has 1 aromatic heterocycles.